The Hall–Kier alpha value is -3.28. The van der Waals surface area contributed by atoms with Crippen LogP contribution in [0.4, 0.5) is 11.4 Å². The second-order valence-corrected chi connectivity index (χ2v) is 6.48. The molecule has 0 bridgehead atoms. The molecule has 0 fully saturated rings. The molecule has 140 valence electrons. The highest BCUT2D eigenvalue weighted by atomic mass is 16.5. The van der Waals surface area contributed by atoms with E-state index < -0.39 is 6.10 Å². The van der Waals surface area contributed by atoms with Crippen molar-refractivity contribution in [2.75, 3.05) is 23.9 Å². The molecule has 1 atom stereocenters. The maximum Gasteiger partial charge on any atom is 0.268 e. The molecule has 2 aromatic carbocycles. The van der Waals surface area contributed by atoms with E-state index in [4.69, 9.17) is 9.47 Å². The van der Waals surface area contributed by atoms with E-state index in [0.29, 0.717) is 35.0 Å². The van der Waals surface area contributed by atoms with Crippen molar-refractivity contribution in [2.24, 2.45) is 0 Å². The minimum absolute atomic E-state index is 0.140. The second kappa shape index (κ2) is 7.53. The minimum atomic E-state index is -0.564. The third kappa shape index (κ3) is 3.79. The van der Waals surface area contributed by atoms with E-state index in [9.17, 15) is 9.59 Å². The number of methoxy groups -OCH3 is 1. The van der Waals surface area contributed by atoms with Crippen LogP contribution in [0, 0.1) is 0 Å². The standard InChI is InChI=1S/C21H22N2O4/c1-13(2)12-23-17-11-15(9-10-19(17)27-14(3)21(23)25)22-20(24)16-7-5-6-8-18(16)26-4/h5-11,14H,1,12H2,2-4H3,(H,22,24). The number of carbonyl (C=O) groups is 2. The van der Waals surface area contributed by atoms with E-state index >= 15 is 0 Å². The molecule has 2 aromatic rings. The van der Waals surface area contributed by atoms with Crippen LogP contribution in [0.1, 0.15) is 24.2 Å². The van der Waals surface area contributed by atoms with Crippen molar-refractivity contribution < 1.29 is 19.1 Å². The highest BCUT2D eigenvalue weighted by molar-refractivity contribution is 6.07. The average molecular weight is 366 g/mol. The number of para-hydroxylation sites is 1. The van der Waals surface area contributed by atoms with Crippen LogP contribution in [-0.4, -0.2) is 31.6 Å². The van der Waals surface area contributed by atoms with E-state index in [1.54, 1.807) is 54.3 Å². The molecule has 1 heterocycles. The number of benzene rings is 2. The predicted molar refractivity (Wildman–Crippen MR) is 105 cm³/mol. The Morgan fingerprint density at radius 1 is 1.30 bits per heavy atom. The molecule has 3 rings (SSSR count). The summed E-state index contributed by atoms with van der Waals surface area (Å²) in [4.78, 5) is 26.8. The van der Waals surface area contributed by atoms with Crippen molar-refractivity contribution in [1.82, 2.24) is 0 Å². The number of fused-ring (bicyclic) bond motifs is 1. The molecule has 1 aliphatic rings. The summed E-state index contributed by atoms with van der Waals surface area (Å²) in [6, 6.07) is 12.2. The highest BCUT2D eigenvalue weighted by Gasteiger charge is 2.31. The van der Waals surface area contributed by atoms with Crippen molar-refractivity contribution >= 4 is 23.2 Å². The van der Waals surface area contributed by atoms with Crippen LogP contribution in [0.5, 0.6) is 11.5 Å². The third-order valence-corrected chi connectivity index (χ3v) is 4.20. The average Bonchev–Trinajstić information content (AvgIpc) is 2.65. The summed E-state index contributed by atoms with van der Waals surface area (Å²) in [5, 5.41) is 2.85. The van der Waals surface area contributed by atoms with Crippen molar-refractivity contribution in [2.45, 2.75) is 20.0 Å². The van der Waals surface area contributed by atoms with Gasteiger partial charge in [-0.2, -0.15) is 0 Å². The molecule has 1 N–H and O–H groups in total. The number of ether oxygens (including phenoxy) is 2. The fourth-order valence-corrected chi connectivity index (χ4v) is 2.95. The van der Waals surface area contributed by atoms with E-state index in [-0.39, 0.29) is 11.8 Å². The lowest BCUT2D eigenvalue weighted by Gasteiger charge is -2.33. The fourth-order valence-electron chi connectivity index (χ4n) is 2.95. The number of rotatable bonds is 5. The Kier molecular flexibility index (Phi) is 5.16. The van der Waals surface area contributed by atoms with Crippen LogP contribution in [0.15, 0.2) is 54.6 Å². The van der Waals surface area contributed by atoms with Crippen LogP contribution in [0.2, 0.25) is 0 Å². The Bertz CT molecular complexity index is 907. The molecule has 2 amide bonds. The van der Waals surface area contributed by atoms with Crippen LogP contribution >= 0.6 is 0 Å². The minimum Gasteiger partial charge on any atom is -0.496 e. The van der Waals surface area contributed by atoms with Gasteiger partial charge in [-0.1, -0.05) is 24.3 Å². The Morgan fingerprint density at radius 2 is 2.04 bits per heavy atom. The molecule has 0 radical (unpaired) electrons. The Labute approximate surface area is 158 Å². The number of hydrogen-bond donors (Lipinski definition) is 1. The molecule has 0 saturated carbocycles. The summed E-state index contributed by atoms with van der Waals surface area (Å²) in [6.07, 6.45) is -0.564. The van der Waals surface area contributed by atoms with Gasteiger partial charge in [0.1, 0.15) is 11.5 Å². The fraction of sp³-hybridized carbons (Fsp3) is 0.238. The van der Waals surface area contributed by atoms with Gasteiger partial charge in [0.15, 0.2) is 6.10 Å². The van der Waals surface area contributed by atoms with Gasteiger partial charge in [0, 0.05) is 12.2 Å². The number of amides is 2. The van der Waals surface area contributed by atoms with Gasteiger partial charge in [-0.3, -0.25) is 9.59 Å². The lowest BCUT2D eigenvalue weighted by atomic mass is 10.1. The topological polar surface area (TPSA) is 67.9 Å². The number of carbonyl (C=O) groups excluding carboxylic acids is 2. The summed E-state index contributed by atoms with van der Waals surface area (Å²) in [6.45, 7) is 7.86. The van der Waals surface area contributed by atoms with Crippen molar-refractivity contribution in [1.29, 1.82) is 0 Å². The van der Waals surface area contributed by atoms with E-state index in [1.165, 1.54) is 7.11 Å². The third-order valence-electron chi connectivity index (χ3n) is 4.20. The molecule has 0 aliphatic carbocycles. The molecule has 1 unspecified atom stereocenters. The van der Waals surface area contributed by atoms with Gasteiger partial charge >= 0.3 is 0 Å². The monoisotopic (exact) mass is 366 g/mol. The predicted octanol–water partition coefficient (Wildman–Crippen LogP) is 3.64. The summed E-state index contributed by atoms with van der Waals surface area (Å²) in [5.41, 5.74) is 2.45. The van der Waals surface area contributed by atoms with Gasteiger partial charge < -0.3 is 19.7 Å². The molecule has 6 heteroatoms. The zero-order chi connectivity index (χ0) is 19.6. The lowest BCUT2D eigenvalue weighted by Crippen LogP contribution is -2.45. The van der Waals surface area contributed by atoms with Crippen LogP contribution in [0.3, 0.4) is 0 Å². The number of hydrogen-bond acceptors (Lipinski definition) is 4. The first-order chi connectivity index (χ1) is 12.9. The van der Waals surface area contributed by atoms with Gasteiger partial charge in [0.2, 0.25) is 0 Å². The van der Waals surface area contributed by atoms with Gasteiger partial charge in [0.25, 0.3) is 11.8 Å². The number of nitrogens with one attached hydrogen (secondary N) is 1. The van der Waals surface area contributed by atoms with Crippen molar-refractivity contribution in [3.05, 3.63) is 60.2 Å². The van der Waals surface area contributed by atoms with E-state index in [2.05, 4.69) is 11.9 Å². The molecule has 0 spiro atoms. The maximum absolute atomic E-state index is 12.6. The first kappa shape index (κ1) is 18.5. The van der Waals surface area contributed by atoms with Gasteiger partial charge in [-0.15, -0.1) is 0 Å². The first-order valence-corrected chi connectivity index (χ1v) is 8.61. The number of nitrogens with zero attached hydrogens (tertiary/aromatic N) is 1. The quantitative estimate of drug-likeness (QED) is 0.821. The maximum atomic E-state index is 12.6. The lowest BCUT2D eigenvalue weighted by molar-refractivity contribution is -0.125. The zero-order valence-electron chi connectivity index (χ0n) is 15.6. The molecule has 0 aromatic heterocycles. The Morgan fingerprint density at radius 3 is 2.74 bits per heavy atom. The van der Waals surface area contributed by atoms with Crippen LogP contribution in [0.25, 0.3) is 0 Å². The SMILES string of the molecule is C=C(C)CN1C(=O)C(C)Oc2ccc(NC(=O)c3ccccc3OC)cc21. The van der Waals surface area contributed by atoms with Gasteiger partial charge in [-0.25, -0.2) is 0 Å². The molecule has 6 nitrogen and oxygen atoms in total. The van der Waals surface area contributed by atoms with Crippen LogP contribution in [-0.2, 0) is 4.79 Å². The molecular formula is C21H22N2O4. The molecule has 0 saturated heterocycles. The molecule has 1 aliphatic heterocycles. The van der Waals surface area contributed by atoms with Crippen molar-refractivity contribution in [3.8, 4) is 11.5 Å². The van der Waals surface area contributed by atoms with Crippen LogP contribution < -0.4 is 19.7 Å². The van der Waals surface area contributed by atoms with E-state index in [1.807, 2.05) is 6.92 Å². The van der Waals surface area contributed by atoms with E-state index in [0.717, 1.165) is 5.57 Å². The second-order valence-electron chi connectivity index (χ2n) is 6.48. The number of anilines is 2. The summed E-state index contributed by atoms with van der Waals surface area (Å²) in [5.74, 6) is 0.650. The van der Waals surface area contributed by atoms with Gasteiger partial charge in [-0.05, 0) is 44.2 Å². The zero-order valence-corrected chi connectivity index (χ0v) is 15.6. The Balaban J connectivity index is 1.91. The highest BCUT2D eigenvalue weighted by Crippen LogP contribution is 2.37. The largest absolute Gasteiger partial charge is 0.496 e. The molecule has 27 heavy (non-hydrogen) atoms. The normalized spacial score (nSPS) is 15.6. The smallest absolute Gasteiger partial charge is 0.268 e. The summed E-state index contributed by atoms with van der Waals surface area (Å²) >= 11 is 0. The van der Waals surface area contributed by atoms with Gasteiger partial charge in [0.05, 0.1) is 18.4 Å². The summed E-state index contributed by atoms with van der Waals surface area (Å²) in [7, 11) is 1.52. The molecular weight excluding hydrogens is 344 g/mol. The summed E-state index contributed by atoms with van der Waals surface area (Å²) < 4.78 is 10.9. The van der Waals surface area contributed by atoms with Crippen molar-refractivity contribution in [3.63, 3.8) is 0 Å². The first-order valence-electron chi connectivity index (χ1n) is 8.61.